The molecular formula is C20H22ClN3O7S2. The average molecular weight is 516 g/mol. The number of halogens is 1. The number of sulfonamides is 1. The fourth-order valence-electron chi connectivity index (χ4n) is 3.47. The van der Waals surface area contributed by atoms with Gasteiger partial charge in [-0.15, -0.1) is 11.3 Å². The van der Waals surface area contributed by atoms with Gasteiger partial charge in [0.05, 0.1) is 14.1 Å². The molecule has 178 valence electrons. The van der Waals surface area contributed by atoms with E-state index in [4.69, 9.17) is 11.6 Å². The van der Waals surface area contributed by atoms with Gasteiger partial charge in [-0.3, -0.25) is 14.4 Å². The first-order valence-electron chi connectivity index (χ1n) is 9.95. The quantitative estimate of drug-likeness (QED) is 0.391. The van der Waals surface area contributed by atoms with Gasteiger partial charge in [-0.05, 0) is 36.2 Å². The van der Waals surface area contributed by atoms with Crippen molar-refractivity contribution in [2.45, 2.75) is 36.8 Å². The largest absolute Gasteiger partial charge is 0.480 e. The summed E-state index contributed by atoms with van der Waals surface area (Å²) in [7, 11) is -4.34. The summed E-state index contributed by atoms with van der Waals surface area (Å²) in [6.45, 7) is 1.44. The molecule has 0 bridgehead atoms. The molecule has 0 spiro atoms. The number of nitrogens with one attached hydrogen (secondary N) is 2. The van der Waals surface area contributed by atoms with Gasteiger partial charge >= 0.3 is 5.97 Å². The molecule has 33 heavy (non-hydrogen) atoms. The highest BCUT2D eigenvalue weighted by Crippen LogP contribution is 2.31. The number of hydrogen-bond donors (Lipinski definition) is 4. The van der Waals surface area contributed by atoms with Crippen LogP contribution in [0.2, 0.25) is 4.34 Å². The number of thiophene rings is 1. The summed E-state index contributed by atoms with van der Waals surface area (Å²) in [5.41, 5.74) is 0.658. The highest BCUT2D eigenvalue weighted by molar-refractivity contribution is 7.89. The van der Waals surface area contributed by atoms with Crippen molar-refractivity contribution in [3.63, 3.8) is 0 Å². The topological polar surface area (TPSA) is 153 Å². The van der Waals surface area contributed by atoms with E-state index in [-0.39, 0.29) is 29.2 Å². The Morgan fingerprint density at radius 1 is 1.30 bits per heavy atom. The zero-order valence-corrected chi connectivity index (χ0v) is 19.8. The maximum atomic E-state index is 13.1. The molecule has 1 unspecified atom stereocenters. The van der Waals surface area contributed by atoms with Crippen molar-refractivity contribution >= 4 is 56.4 Å². The van der Waals surface area contributed by atoms with Gasteiger partial charge in [0.1, 0.15) is 12.1 Å². The number of aliphatic hydroxyl groups excluding tert-OH is 1. The molecule has 4 N–H and O–H groups in total. The first kappa shape index (κ1) is 25.1. The minimum atomic E-state index is -4.34. The van der Waals surface area contributed by atoms with Crippen LogP contribution in [0.25, 0.3) is 0 Å². The first-order chi connectivity index (χ1) is 15.5. The van der Waals surface area contributed by atoms with Gasteiger partial charge in [0.15, 0.2) is 0 Å². The normalized spacial score (nSPS) is 17.2. The fourth-order valence-corrected chi connectivity index (χ4v) is 5.94. The Hall–Kier alpha value is -2.51. The number of amides is 2. The number of anilines is 1. The number of carboxylic acids is 1. The van der Waals surface area contributed by atoms with Crippen molar-refractivity contribution in [1.82, 2.24) is 10.0 Å². The summed E-state index contributed by atoms with van der Waals surface area (Å²) in [6, 6.07) is 5.68. The molecule has 1 saturated heterocycles. The lowest BCUT2D eigenvalue weighted by Crippen LogP contribution is -2.48. The lowest BCUT2D eigenvalue weighted by Gasteiger charge is -2.22. The Morgan fingerprint density at radius 2 is 2.03 bits per heavy atom. The summed E-state index contributed by atoms with van der Waals surface area (Å²) in [5, 5.41) is 21.7. The molecule has 2 amide bonds. The maximum absolute atomic E-state index is 13.1. The van der Waals surface area contributed by atoms with E-state index in [9.17, 15) is 33.0 Å². The minimum absolute atomic E-state index is 0.181. The molecule has 13 heteroatoms. The van der Waals surface area contributed by atoms with Crippen molar-refractivity contribution in [3.05, 3.63) is 45.1 Å². The summed E-state index contributed by atoms with van der Waals surface area (Å²) < 4.78 is 28.7. The summed E-state index contributed by atoms with van der Waals surface area (Å²) >= 11 is 6.79. The molecule has 0 aliphatic carbocycles. The van der Waals surface area contributed by atoms with Crippen LogP contribution in [0.5, 0.6) is 0 Å². The number of hydrogen-bond acceptors (Lipinski definition) is 7. The summed E-state index contributed by atoms with van der Waals surface area (Å²) in [4.78, 5) is 37.5. The average Bonchev–Trinajstić information content (AvgIpc) is 3.35. The highest BCUT2D eigenvalue weighted by Gasteiger charge is 2.34. The van der Waals surface area contributed by atoms with E-state index in [1.807, 2.05) is 0 Å². The molecule has 2 aromatic rings. The molecule has 1 fully saturated rings. The molecule has 2 heterocycles. The molecular weight excluding hydrogens is 494 g/mol. The van der Waals surface area contributed by atoms with Gasteiger partial charge in [-0.25, -0.2) is 8.42 Å². The zero-order valence-electron chi connectivity index (χ0n) is 17.4. The van der Waals surface area contributed by atoms with Crippen molar-refractivity contribution in [2.75, 3.05) is 18.0 Å². The Bertz CT molecular complexity index is 1180. The highest BCUT2D eigenvalue weighted by atomic mass is 35.5. The Labute approximate surface area is 199 Å². The second-order valence-electron chi connectivity index (χ2n) is 7.23. The lowest BCUT2D eigenvalue weighted by atomic mass is 10.1. The third-order valence-electron chi connectivity index (χ3n) is 5.08. The number of rotatable bonds is 9. The van der Waals surface area contributed by atoms with Gasteiger partial charge in [0.2, 0.25) is 10.0 Å². The van der Waals surface area contributed by atoms with Crippen molar-refractivity contribution in [2.24, 2.45) is 0 Å². The number of carbonyl (C=O) groups excluding carboxylic acids is 2. The molecule has 0 saturated carbocycles. The van der Waals surface area contributed by atoms with E-state index in [1.54, 1.807) is 13.0 Å². The Kier molecular flexibility index (Phi) is 7.75. The Morgan fingerprint density at radius 3 is 2.58 bits per heavy atom. The summed E-state index contributed by atoms with van der Waals surface area (Å²) in [5.74, 6) is -2.58. The van der Waals surface area contributed by atoms with E-state index < -0.39 is 46.5 Å². The van der Waals surface area contributed by atoms with E-state index in [1.165, 1.54) is 29.2 Å². The van der Waals surface area contributed by atoms with Gasteiger partial charge in [-0.2, -0.15) is 4.72 Å². The van der Waals surface area contributed by atoms with Crippen LogP contribution < -0.4 is 14.9 Å². The number of aliphatic carboxylic acids is 1. The molecule has 10 nitrogen and oxygen atoms in total. The molecule has 1 aliphatic rings. The minimum Gasteiger partial charge on any atom is -0.480 e. The molecule has 1 aromatic carbocycles. The third-order valence-corrected chi connectivity index (χ3v) is 7.86. The van der Waals surface area contributed by atoms with Crippen LogP contribution in [0.1, 0.15) is 28.6 Å². The van der Waals surface area contributed by atoms with Crippen LogP contribution in [0.15, 0.2) is 35.2 Å². The number of carbonyl (C=O) groups is 3. The summed E-state index contributed by atoms with van der Waals surface area (Å²) in [6.07, 6.45) is -0.681. The Balaban J connectivity index is 1.83. The van der Waals surface area contributed by atoms with Crippen LogP contribution >= 0.6 is 22.9 Å². The van der Waals surface area contributed by atoms with Crippen LogP contribution in [0.4, 0.5) is 5.69 Å². The van der Waals surface area contributed by atoms with E-state index in [0.717, 1.165) is 11.3 Å². The number of benzene rings is 1. The molecule has 1 aromatic heterocycles. The number of nitrogens with zero attached hydrogens (tertiary/aromatic N) is 1. The van der Waals surface area contributed by atoms with Gasteiger partial charge in [0.25, 0.3) is 11.8 Å². The van der Waals surface area contributed by atoms with E-state index in [2.05, 4.69) is 10.0 Å². The molecule has 0 radical (unpaired) electrons. The SMILES string of the molecule is CCc1c(N2CC[C@H](O)C2=O)cccc1S(=O)(=O)NC(CNC(=O)c1ccc(Cl)s1)C(=O)O. The molecule has 1 aliphatic heterocycles. The lowest BCUT2D eigenvalue weighted by molar-refractivity contribution is -0.138. The van der Waals surface area contributed by atoms with Crippen molar-refractivity contribution < 1.29 is 33.0 Å². The van der Waals surface area contributed by atoms with Crippen LogP contribution in [-0.4, -0.2) is 61.6 Å². The van der Waals surface area contributed by atoms with Gasteiger partial charge in [-0.1, -0.05) is 24.6 Å². The second-order valence-corrected chi connectivity index (χ2v) is 10.6. The maximum Gasteiger partial charge on any atom is 0.323 e. The predicted molar refractivity (Wildman–Crippen MR) is 122 cm³/mol. The standard InChI is InChI=1S/C20H22ClN3O7S2/c1-2-11-13(24-9-8-14(25)19(24)27)4-3-5-16(11)33(30,31)23-12(20(28)29)10-22-18(26)15-6-7-17(21)32-15/h3-7,12,14,23,25H,2,8-10H2,1H3,(H,22,26)(H,28,29)/t12?,14-/m0/s1. The first-order valence-corrected chi connectivity index (χ1v) is 12.6. The van der Waals surface area contributed by atoms with Crippen molar-refractivity contribution in [3.8, 4) is 0 Å². The van der Waals surface area contributed by atoms with E-state index in [0.29, 0.717) is 15.6 Å². The van der Waals surface area contributed by atoms with E-state index >= 15 is 0 Å². The zero-order chi connectivity index (χ0) is 24.3. The number of carboxylic acid groups (broad SMARTS) is 1. The smallest absolute Gasteiger partial charge is 0.323 e. The van der Waals surface area contributed by atoms with Gasteiger partial charge < -0.3 is 20.4 Å². The van der Waals surface area contributed by atoms with Crippen molar-refractivity contribution in [1.29, 1.82) is 0 Å². The monoisotopic (exact) mass is 515 g/mol. The third kappa shape index (κ3) is 5.53. The molecule has 2 atom stereocenters. The second kappa shape index (κ2) is 10.2. The van der Waals surface area contributed by atoms with Gasteiger partial charge in [0, 0.05) is 25.2 Å². The van der Waals surface area contributed by atoms with Crippen LogP contribution in [0.3, 0.4) is 0 Å². The molecule has 3 rings (SSSR count). The van der Waals surface area contributed by atoms with Crippen LogP contribution in [0, 0.1) is 0 Å². The fraction of sp³-hybridized carbons (Fsp3) is 0.350. The van der Waals surface area contributed by atoms with Crippen LogP contribution in [-0.2, 0) is 26.0 Å². The number of aliphatic hydroxyl groups is 1. The predicted octanol–water partition coefficient (Wildman–Crippen LogP) is 1.22.